The van der Waals surface area contributed by atoms with Crippen molar-refractivity contribution < 1.29 is 14.3 Å². The molecule has 126 valence electrons. The monoisotopic (exact) mass is 326 g/mol. The van der Waals surface area contributed by atoms with Crippen LogP contribution in [0.25, 0.3) is 0 Å². The van der Waals surface area contributed by atoms with Gasteiger partial charge in [0, 0.05) is 23.4 Å². The highest BCUT2D eigenvalue weighted by atomic mass is 16.5. The lowest BCUT2D eigenvalue weighted by atomic mass is 9.85. The molecule has 3 rings (SSSR count). The number of benzene rings is 2. The Labute approximate surface area is 142 Å². The Morgan fingerprint density at radius 2 is 1.71 bits per heavy atom. The fourth-order valence-electron chi connectivity index (χ4n) is 2.62. The number of carbonyl (C=O) groups excluding carboxylic acids is 1. The topological polar surface area (TPSA) is 59.6 Å². The van der Waals surface area contributed by atoms with Gasteiger partial charge in [-0.25, -0.2) is 0 Å². The molecule has 0 heterocycles. The van der Waals surface area contributed by atoms with E-state index in [4.69, 9.17) is 9.47 Å². The van der Waals surface area contributed by atoms with E-state index in [1.54, 1.807) is 14.2 Å². The van der Waals surface area contributed by atoms with Crippen molar-refractivity contribution in [3.63, 3.8) is 0 Å². The van der Waals surface area contributed by atoms with Crippen LogP contribution in [-0.2, 0) is 4.79 Å². The van der Waals surface area contributed by atoms with E-state index in [1.807, 2.05) is 42.5 Å². The molecule has 0 atom stereocenters. The smallest absolute Gasteiger partial charge is 0.227 e. The van der Waals surface area contributed by atoms with E-state index >= 15 is 0 Å². The van der Waals surface area contributed by atoms with Crippen molar-refractivity contribution in [2.24, 2.45) is 5.92 Å². The molecular weight excluding hydrogens is 304 g/mol. The van der Waals surface area contributed by atoms with E-state index in [0.29, 0.717) is 0 Å². The van der Waals surface area contributed by atoms with Crippen LogP contribution in [-0.4, -0.2) is 20.1 Å². The fourth-order valence-corrected chi connectivity index (χ4v) is 2.62. The third-order valence-electron chi connectivity index (χ3n) is 4.31. The summed E-state index contributed by atoms with van der Waals surface area (Å²) in [5, 5.41) is 6.27. The molecule has 1 saturated carbocycles. The van der Waals surface area contributed by atoms with Crippen molar-refractivity contribution in [3.8, 4) is 11.5 Å². The van der Waals surface area contributed by atoms with Crippen molar-refractivity contribution in [3.05, 3.63) is 42.5 Å². The second-order valence-electron chi connectivity index (χ2n) is 5.89. The summed E-state index contributed by atoms with van der Waals surface area (Å²) >= 11 is 0. The molecule has 0 aromatic heterocycles. The average molecular weight is 326 g/mol. The second-order valence-corrected chi connectivity index (χ2v) is 5.89. The normalized spacial score (nSPS) is 13.8. The minimum absolute atomic E-state index is 0.122. The molecule has 2 aromatic carbocycles. The van der Waals surface area contributed by atoms with Crippen LogP contribution in [0.1, 0.15) is 19.3 Å². The van der Waals surface area contributed by atoms with E-state index < -0.39 is 0 Å². The number of hydrogen-bond acceptors (Lipinski definition) is 4. The minimum Gasteiger partial charge on any atom is -0.497 e. The first-order valence-electron chi connectivity index (χ1n) is 8.09. The van der Waals surface area contributed by atoms with Gasteiger partial charge in [-0.05, 0) is 49.2 Å². The molecule has 1 fully saturated rings. The molecular formula is C19H22N2O3. The molecule has 1 amide bonds. The Morgan fingerprint density at radius 1 is 1.00 bits per heavy atom. The molecule has 0 unspecified atom stereocenters. The summed E-state index contributed by atoms with van der Waals surface area (Å²) in [5.41, 5.74) is 2.54. The summed E-state index contributed by atoms with van der Waals surface area (Å²) in [4.78, 5) is 12.0. The first-order chi connectivity index (χ1) is 11.7. The van der Waals surface area contributed by atoms with Crippen LogP contribution in [0.2, 0.25) is 0 Å². The summed E-state index contributed by atoms with van der Waals surface area (Å²) in [7, 11) is 3.26. The first-order valence-corrected chi connectivity index (χ1v) is 8.09. The Kier molecular flexibility index (Phi) is 4.89. The molecule has 5 nitrogen and oxygen atoms in total. The van der Waals surface area contributed by atoms with E-state index in [9.17, 15) is 4.79 Å². The summed E-state index contributed by atoms with van der Waals surface area (Å²) in [5.74, 6) is 1.79. The lowest BCUT2D eigenvalue weighted by Crippen LogP contribution is -2.27. The molecule has 1 aliphatic carbocycles. The molecule has 2 N–H and O–H groups in total. The lowest BCUT2D eigenvalue weighted by Gasteiger charge is -2.24. The van der Waals surface area contributed by atoms with Gasteiger partial charge in [0.05, 0.1) is 19.9 Å². The molecule has 0 bridgehead atoms. The average Bonchev–Trinajstić information content (AvgIpc) is 2.55. The van der Waals surface area contributed by atoms with Gasteiger partial charge >= 0.3 is 0 Å². The van der Waals surface area contributed by atoms with Crippen molar-refractivity contribution in [2.75, 3.05) is 24.9 Å². The van der Waals surface area contributed by atoms with Crippen LogP contribution in [0.15, 0.2) is 42.5 Å². The van der Waals surface area contributed by atoms with Gasteiger partial charge in [0.15, 0.2) is 0 Å². The number of amides is 1. The zero-order chi connectivity index (χ0) is 16.9. The molecule has 2 aromatic rings. The Morgan fingerprint density at radius 3 is 2.29 bits per heavy atom. The van der Waals surface area contributed by atoms with Gasteiger partial charge in [0.25, 0.3) is 0 Å². The summed E-state index contributed by atoms with van der Waals surface area (Å²) in [6.07, 6.45) is 3.16. The number of nitrogens with one attached hydrogen (secondary N) is 2. The van der Waals surface area contributed by atoms with Crippen LogP contribution < -0.4 is 20.1 Å². The van der Waals surface area contributed by atoms with Crippen LogP contribution in [0.3, 0.4) is 0 Å². The molecule has 24 heavy (non-hydrogen) atoms. The number of rotatable bonds is 6. The van der Waals surface area contributed by atoms with Gasteiger partial charge in [-0.1, -0.05) is 6.42 Å². The number of hydrogen-bond donors (Lipinski definition) is 2. The van der Waals surface area contributed by atoms with Crippen LogP contribution in [0.4, 0.5) is 17.1 Å². The van der Waals surface area contributed by atoms with Crippen molar-refractivity contribution in [1.82, 2.24) is 0 Å². The van der Waals surface area contributed by atoms with E-state index in [-0.39, 0.29) is 11.8 Å². The van der Waals surface area contributed by atoms with Crippen molar-refractivity contribution in [2.45, 2.75) is 19.3 Å². The highest BCUT2D eigenvalue weighted by Crippen LogP contribution is 2.32. The zero-order valence-electron chi connectivity index (χ0n) is 14.0. The van der Waals surface area contributed by atoms with Crippen molar-refractivity contribution >= 4 is 23.0 Å². The zero-order valence-corrected chi connectivity index (χ0v) is 14.0. The van der Waals surface area contributed by atoms with Crippen LogP contribution in [0, 0.1) is 5.92 Å². The van der Waals surface area contributed by atoms with Gasteiger partial charge in [0.2, 0.25) is 5.91 Å². The lowest BCUT2D eigenvalue weighted by molar-refractivity contribution is -0.122. The third-order valence-corrected chi connectivity index (χ3v) is 4.31. The highest BCUT2D eigenvalue weighted by Gasteiger charge is 2.24. The minimum atomic E-state index is 0.122. The van der Waals surface area contributed by atoms with E-state index in [2.05, 4.69) is 10.6 Å². The van der Waals surface area contributed by atoms with Gasteiger partial charge in [0.1, 0.15) is 11.5 Å². The summed E-state index contributed by atoms with van der Waals surface area (Å²) in [6.45, 7) is 0. The number of carbonyl (C=O) groups is 1. The largest absolute Gasteiger partial charge is 0.497 e. The third kappa shape index (κ3) is 3.62. The number of ether oxygens (including phenoxy) is 2. The molecule has 0 aliphatic heterocycles. The van der Waals surface area contributed by atoms with Crippen molar-refractivity contribution in [1.29, 1.82) is 0 Å². The van der Waals surface area contributed by atoms with Gasteiger partial charge in [-0.2, -0.15) is 0 Å². The van der Waals surface area contributed by atoms with Gasteiger partial charge in [-0.15, -0.1) is 0 Å². The molecule has 0 spiro atoms. The summed E-state index contributed by atoms with van der Waals surface area (Å²) < 4.78 is 10.6. The maximum atomic E-state index is 12.0. The second kappa shape index (κ2) is 7.25. The predicted octanol–water partition coefficient (Wildman–Crippen LogP) is 4.19. The molecule has 5 heteroatoms. The standard InChI is InChI=1S/C19H22N2O3/c1-23-16-10-11-18(24-2)17(12-16)20-14-6-8-15(9-7-14)21-19(22)13-4-3-5-13/h6-13,20H,3-5H2,1-2H3,(H,21,22). The first kappa shape index (κ1) is 16.2. The van der Waals surface area contributed by atoms with E-state index in [0.717, 1.165) is 47.8 Å². The highest BCUT2D eigenvalue weighted by molar-refractivity contribution is 5.93. The Balaban J connectivity index is 1.68. The predicted molar refractivity (Wildman–Crippen MR) is 95.2 cm³/mol. The van der Waals surface area contributed by atoms with Crippen LogP contribution >= 0.6 is 0 Å². The van der Waals surface area contributed by atoms with Gasteiger partial charge < -0.3 is 20.1 Å². The summed E-state index contributed by atoms with van der Waals surface area (Å²) in [6, 6.07) is 13.2. The van der Waals surface area contributed by atoms with Crippen LogP contribution in [0.5, 0.6) is 11.5 Å². The quantitative estimate of drug-likeness (QED) is 0.836. The molecule has 1 aliphatic rings. The SMILES string of the molecule is COc1ccc(OC)c(Nc2ccc(NC(=O)C3CCC3)cc2)c1. The Hall–Kier alpha value is -2.69. The molecule has 0 radical (unpaired) electrons. The fraction of sp³-hybridized carbons (Fsp3) is 0.316. The maximum absolute atomic E-state index is 12.0. The maximum Gasteiger partial charge on any atom is 0.227 e. The van der Waals surface area contributed by atoms with Gasteiger partial charge in [-0.3, -0.25) is 4.79 Å². The van der Waals surface area contributed by atoms with E-state index in [1.165, 1.54) is 0 Å². The Bertz CT molecular complexity index is 709. The molecule has 0 saturated heterocycles. The number of anilines is 3. The number of methoxy groups -OCH3 is 2.